The molecule has 0 heterocycles. The molecule has 0 radical (unpaired) electrons. The van der Waals surface area contributed by atoms with Gasteiger partial charge in [0.1, 0.15) is 17.7 Å². The standard InChI is InChI=1S/C26H42N4O6/c1-7-8-9-10-28-23(33)22(19-14-17(2)13-18(3)15-19)30(11-12-31)24(34)20(16-21(27)32)29-25(35)36-26(4,5)6/h13-15,20,22,31H,7-12,16H2,1-6H3,(H2,27,32)(H,28,33)(H,29,35). The molecule has 2 unspecified atom stereocenters. The third-order valence-electron chi connectivity index (χ3n) is 5.22. The molecule has 1 aromatic rings. The Kier molecular flexibility index (Phi) is 12.4. The number of alkyl carbamates (subject to hydrolysis) is 1. The molecule has 0 aliphatic carbocycles. The molecule has 0 fully saturated rings. The first kappa shape index (κ1) is 30.9. The van der Waals surface area contributed by atoms with Gasteiger partial charge < -0.3 is 31.1 Å². The number of rotatable bonds is 13. The molecule has 0 saturated carbocycles. The van der Waals surface area contributed by atoms with Crippen molar-refractivity contribution >= 4 is 23.8 Å². The van der Waals surface area contributed by atoms with Gasteiger partial charge in [-0.15, -0.1) is 0 Å². The zero-order valence-electron chi connectivity index (χ0n) is 22.3. The minimum absolute atomic E-state index is 0.204. The quantitative estimate of drug-likeness (QED) is 0.301. The molecular formula is C26H42N4O6. The van der Waals surface area contributed by atoms with Gasteiger partial charge in [-0.25, -0.2) is 4.79 Å². The van der Waals surface area contributed by atoms with Crippen LogP contribution in [0.1, 0.15) is 76.1 Å². The summed E-state index contributed by atoms with van der Waals surface area (Å²) in [6, 6.07) is 3.06. The van der Waals surface area contributed by atoms with E-state index in [1.165, 1.54) is 4.90 Å². The summed E-state index contributed by atoms with van der Waals surface area (Å²) < 4.78 is 5.24. The molecule has 0 bridgehead atoms. The van der Waals surface area contributed by atoms with E-state index in [-0.39, 0.29) is 6.54 Å². The molecule has 5 N–H and O–H groups in total. The highest BCUT2D eigenvalue weighted by atomic mass is 16.6. The number of nitrogens with zero attached hydrogens (tertiary/aromatic N) is 1. The van der Waals surface area contributed by atoms with E-state index in [1.807, 2.05) is 19.9 Å². The number of carbonyl (C=O) groups excluding carboxylic acids is 4. The lowest BCUT2D eigenvalue weighted by Gasteiger charge is -2.34. The van der Waals surface area contributed by atoms with Crippen LogP contribution in [0.2, 0.25) is 0 Å². The van der Waals surface area contributed by atoms with E-state index in [2.05, 4.69) is 17.6 Å². The smallest absolute Gasteiger partial charge is 0.408 e. The van der Waals surface area contributed by atoms with Crippen molar-refractivity contribution in [3.05, 3.63) is 34.9 Å². The summed E-state index contributed by atoms with van der Waals surface area (Å²) in [7, 11) is 0. The molecule has 36 heavy (non-hydrogen) atoms. The number of aliphatic hydroxyl groups is 1. The summed E-state index contributed by atoms with van der Waals surface area (Å²) in [5.74, 6) is -1.98. The third-order valence-corrected chi connectivity index (χ3v) is 5.22. The molecule has 0 aromatic heterocycles. The Hall–Kier alpha value is -3.14. The first-order valence-electron chi connectivity index (χ1n) is 12.3. The van der Waals surface area contributed by atoms with Gasteiger partial charge in [-0.05, 0) is 46.6 Å². The maximum absolute atomic E-state index is 13.7. The Morgan fingerprint density at radius 2 is 1.69 bits per heavy atom. The average molecular weight is 507 g/mol. The lowest BCUT2D eigenvalue weighted by atomic mass is 9.98. The first-order valence-corrected chi connectivity index (χ1v) is 12.3. The second kappa shape index (κ2) is 14.4. The molecule has 0 saturated heterocycles. The number of ether oxygens (including phenoxy) is 1. The number of primary amides is 1. The zero-order valence-corrected chi connectivity index (χ0v) is 22.3. The van der Waals surface area contributed by atoms with E-state index in [0.29, 0.717) is 12.1 Å². The number of hydrogen-bond donors (Lipinski definition) is 4. The average Bonchev–Trinajstić information content (AvgIpc) is 2.73. The highest BCUT2D eigenvalue weighted by Gasteiger charge is 2.36. The fourth-order valence-electron chi connectivity index (χ4n) is 3.85. The molecule has 202 valence electrons. The Morgan fingerprint density at radius 3 is 2.19 bits per heavy atom. The minimum Gasteiger partial charge on any atom is -0.444 e. The van der Waals surface area contributed by atoms with E-state index < -0.39 is 54.5 Å². The van der Waals surface area contributed by atoms with Gasteiger partial charge in [-0.3, -0.25) is 14.4 Å². The molecule has 1 rings (SSSR count). The maximum atomic E-state index is 13.7. The van der Waals surface area contributed by atoms with Crippen LogP contribution in [0.4, 0.5) is 4.79 Å². The van der Waals surface area contributed by atoms with E-state index in [9.17, 15) is 24.3 Å². The summed E-state index contributed by atoms with van der Waals surface area (Å²) in [6.45, 7) is 10.6. The molecule has 0 aliphatic heterocycles. The molecule has 10 nitrogen and oxygen atoms in total. The summed E-state index contributed by atoms with van der Waals surface area (Å²) in [6.07, 6.45) is 1.29. The number of benzene rings is 1. The predicted molar refractivity (Wildman–Crippen MR) is 137 cm³/mol. The van der Waals surface area contributed by atoms with Crippen LogP contribution >= 0.6 is 0 Å². The van der Waals surface area contributed by atoms with E-state index in [4.69, 9.17) is 10.5 Å². The second-order valence-corrected chi connectivity index (χ2v) is 9.95. The third kappa shape index (κ3) is 10.6. The van der Waals surface area contributed by atoms with Crippen molar-refractivity contribution in [3.8, 4) is 0 Å². The second-order valence-electron chi connectivity index (χ2n) is 9.95. The van der Waals surface area contributed by atoms with Crippen molar-refractivity contribution in [2.45, 2.75) is 84.9 Å². The predicted octanol–water partition coefficient (Wildman–Crippen LogP) is 2.24. The molecule has 1 aromatic carbocycles. The number of aliphatic hydroxyl groups excluding tert-OH is 1. The summed E-state index contributed by atoms with van der Waals surface area (Å²) in [5.41, 5.74) is 6.86. The van der Waals surface area contributed by atoms with Crippen LogP contribution in [-0.2, 0) is 19.1 Å². The monoisotopic (exact) mass is 506 g/mol. The van der Waals surface area contributed by atoms with Crippen molar-refractivity contribution in [1.82, 2.24) is 15.5 Å². The molecule has 0 aliphatic rings. The normalized spacial score (nSPS) is 12.9. The lowest BCUT2D eigenvalue weighted by molar-refractivity contribution is -0.143. The summed E-state index contributed by atoms with van der Waals surface area (Å²) >= 11 is 0. The number of unbranched alkanes of at least 4 members (excludes halogenated alkanes) is 2. The van der Waals surface area contributed by atoms with Crippen molar-refractivity contribution in [2.24, 2.45) is 5.73 Å². The van der Waals surface area contributed by atoms with Crippen molar-refractivity contribution in [2.75, 3.05) is 19.7 Å². The lowest BCUT2D eigenvalue weighted by Crippen LogP contribution is -2.54. The minimum atomic E-state index is -1.38. The highest BCUT2D eigenvalue weighted by molar-refractivity contribution is 5.94. The number of carbonyl (C=O) groups is 4. The van der Waals surface area contributed by atoms with Crippen molar-refractivity contribution in [1.29, 1.82) is 0 Å². The van der Waals surface area contributed by atoms with Gasteiger partial charge >= 0.3 is 6.09 Å². The number of amides is 4. The Bertz CT molecular complexity index is 892. The number of aryl methyl sites for hydroxylation is 2. The number of nitrogens with two attached hydrogens (primary N) is 1. The molecule has 0 spiro atoms. The molecular weight excluding hydrogens is 464 g/mol. The van der Waals surface area contributed by atoms with Crippen LogP contribution in [-0.4, -0.2) is 65.2 Å². The maximum Gasteiger partial charge on any atom is 0.408 e. The first-order chi connectivity index (χ1) is 16.8. The molecule has 4 amide bonds. The van der Waals surface area contributed by atoms with Gasteiger partial charge in [0, 0.05) is 13.1 Å². The Morgan fingerprint density at radius 1 is 1.08 bits per heavy atom. The molecule has 10 heteroatoms. The van der Waals surface area contributed by atoms with Gasteiger partial charge in [0.15, 0.2) is 0 Å². The van der Waals surface area contributed by atoms with Gasteiger partial charge in [0.25, 0.3) is 0 Å². The van der Waals surface area contributed by atoms with E-state index in [1.54, 1.807) is 32.9 Å². The van der Waals surface area contributed by atoms with Crippen LogP contribution in [0.3, 0.4) is 0 Å². The van der Waals surface area contributed by atoms with Gasteiger partial charge in [0.05, 0.1) is 13.0 Å². The number of nitrogens with one attached hydrogen (secondary N) is 2. The van der Waals surface area contributed by atoms with Gasteiger partial charge in [-0.2, -0.15) is 0 Å². The van der Waals surface area contributed by atoms with Crippen LogP contribution in [0.25, 0.3) is 0 Å². The highest BCUT2D eigenvalue weighted by Crippen LogP contribution is 2.25. The van der Waals surface area contributed by atoms with Gasteiger partial charge in [-0.1, -0.05) is 49.1 Å². The van der Waals surface area contributed by atoms with Crippen molar-refractivity contribution in [3.63, 3.8) is 0 Å². The SMILES string of the molecule is CCCCCNC(=O)C(c1cc(C)cc(C)c1)N(CCO)C(=O)C(CC(N)=O)NC(=O)OC(C)(C)C. The molecule has 2 atom stereocenters. The van der Waals surface area contributed by atoms with Crippen LogP contribution in [0, 0.1) is 13.8 Å². The zero-order chi connectivity index (χ0) is 27.5. The van der Waals surface area contributed by atoms with Crippen LogP contribution in [0.5, 0.6) is 0 Å². The van der Waals surface area contributed by atoms with Gasteiger partial charge in [0.2, 0.25) is 17.7 Å². The Balaban J connectivity index is 3.43. The topological polar surface area (TPSA) is 151 Å². The van der Waals surface area contributed by atoms with Crippen LogP contribution in [0.15, 0.2) is 18.2 Å². The number of hydrogen-bond acceptors (Lipinski definition) is 6. The van der Waals surface area contributed by atoms with E-state index in [0.717, 1.165) is 30.4 Å². The van der Waals surface area contributed by atoms with E-state index >= 15 is 0 Å². The van der Waals surface area contributed by atoms with Crippen LogP contribution < -0.4 is 16.4 Å². The largest absolute Gasteiger partial charge is 0.444 e. The Labute approximate surface area is 213 Å². The summed E-state index contributed by atoms with van der Waals surface area (Å²) in [4.78, 5) is 52.5. The fourth-order valence-corrected chi connectivity index (χ4v) is 3.85. The van der Waals surface area contributed by atoms with Crippen molar-refractivity contribution < 1.29 is 29.0 Å². The fraction of sp³-hybridized carbons (Fsp3) is 0.615. The summed E-state index contributed by atoms with van der Waals surface area (Å²) in [5, 5.41) is 15.1.